The summed E-state index contributed by atoms with van der Waals surface area (Å²) in [5, 5.41) is 0.715. The third kappa shape index (κ3) is 2.19. The molecule has 1 aliphatic rings. The molecule has 1 saturated heterocycles. The minimum Gasteiger partial charge on any atom is -0.359 e. The number of hydrogen-bond acceptors (Lipinski definition) is 1. The maximum absolute atomic E-state index is 12.8. The quantitative estimate of drug-likeness (QED) is 0.722. The van der Waals surface area contributed by atoms with Gasteiger partial charge in [0, 0.05) is 5.02 Å². The molecule has 1 aliphatic heterocycles. The lowest BCUT2D eigenvalue weighted by Gasteiger charge is -1.97. The second-order valence-electron chi connectivity index (χ2n) is 4.08. The van der Waals surface area contributed by atoms with Crippen molar-refractivity contribution in [2.45, 2.75) is 12.2 Å². The molecule has 17 heavy (non-hydrogen) atoms. The molecular weight excluding hydrogens is 239 g/mol. The third-order valence-corrected chi connectivity index (χ3v) is 3.14. The zero-order chi connectivity index (χ0) is 11.8. The molecule has 0 N–H and O–H groups in total. The van der Waals surface area contributed by atoms with Crippen LogP contribution < -0.4 is 0 Å². The number of benzene rings is 2. The Kier molecular flexibility index (Phi) is 2.61. The molecule has 0 saturated carbocycles. The van der Waals surface area contributed by atoms with Crippen LogP contribution in [0.3, 0.4) is 0 Å². The topological polar surface area (TPSA) is 12.5 Å². The van der Waals surface area contributed by atoms with Crippen molar-refractivity contribution in [3.8, 4) is 0 Å². The number of rotatable bonds is 2. The van der Waals surface area contributed by atoms with E-state index in [1.807, 2.05) is 24.3 Å². The van der Waals surface area contributed by atoms with Crippen LogP contribution in [0.25, 0.3) is 0 Å². The highest BCUT2D eigenvalue weighted by Crippen LogP contribution is 2.50. The molecule has 3 heteroatoms. The molecule has 0 aliphatic carbocycles. The molecule has 1 fully saturated rings. The van der Waals surface area contributed by atoms with Gasteiger partial charge in [-0.15, -0.1) is 0 Å². The molecule has 0 bridgehead atoms. The van der Waals surface area contributed by atoms with Gasteiger partial charge in [-0.25, -0.2) is 4.39 Å². The van der Waals surface area contributed by atoms with Crippen LogP contribution in [0.5, 0.6) is 0 Å². The highest BCUT2D eigenvalue weighted by Gasteiger charge is 2.41. The summed E-state index contributed by atoms with van der Waals surface area (Å²) in [6, 6.07) is 14.0. The van der Waals surface area contributed by atoms with Crippen molar-refractivity contribution in [2.24, 2.45) is 0 Å². The maximum atomic E-state index is 12.8. The fourth-order valence-electron chi connectivity index (χ4n) is 1.92. The summed E-state index contributed by atoms with van der Waals surface area (Å²) in [4.78, 5) is 0. The monoisotopic (exact) mass is 248 g/mol. The molecule has 1 heterocycles. The largest absolute Gasteiger partial charge is 0.359 e. The van der Waals surface area contributed by atoms with Crippen LogP contribution in [0.15, 0.2) is 48.5 Å². The number of hydrogen-bond donors (Lipinski definition) is 0. The van der Waals surface area contributed by atoms with Gasteiger partial charge in [0.2, 0.25) is 0 Å². The second-order valence-corrected chi connectivity index (χ2v) is 4.52. The molecule has 0 spiro atoms. The van der Waals surface area contributed by atoms with E-state index in [1.54, 1.807) is 12.1 Å². The van der Waals surface area contributed by atoms with E-state index in [1.165, 1.54) is 12.1 Å². The smallest absolute Gasteiger partial charge is 0.123 e. The average Bonchev–Trinajstić information content (AvgIpc) is 3.11. The van der Waals surface area contributed by atoms with Crippen molar-refractivity contribution in [1.82, 2.24) is 0 Å². The van der Waals surface area contributed by atoms with Gasteiger partial charge in [0.15, 0.2) is 0 Å². The highest BCUT2D eigenvalue weighted by molar-refractivity contribution is 6.30. The highest BCUT2D eigenvalue weighted by atomic mass is 35.5. The van der Waals surface area contributed by atoms with Gasteiger partial charge in [-0.05, 0) is 35.4 Å². The molecule has 3 rings (SSSR count). The number of ether oxygens (including phenoxy) is 1. The van der Waals surface area contributed by atoms with E-state index in [-0.39, 0.29) is 18.0 Å². The van der Waals surface area contributed by atoms with Crippen LogP contribution in [0, 0.1) is 5.82 Å². The average molecular weight is 249 g/mol. The minimum absolute atomic E-state index is 0.0387. The standard InChI is InChI=1S/C14H10ClFO/c15-11-5-1-9(2-6-11)13-14(17-13)10-3-7-12(16)8-4-10/h1-8,13-14H/t13-,14+/m0/s1. The van der Waals surface area contributed by atoms with Crippen molar-refractivity contribution < 1.29 is 9.13 Å². The van der Waals surface area contributed by atoms with Gasteiger partial charge in [-0.2, -0.15) is 0 Å². The van der Waals surface area contributed by atoms with Crippen molar-refractivity contribution in [1.29, 1.82) is 0 Å². The SMILES string of the molecule is Fc1ccc([C@H]2O[C@H]2c2ccc(Cl)cc2)cc1. The molecule has 0 aromatic heterocycles. The zero-order valence-electron chi connectivity index (χ0n) is 8.94. The van der Waals surface area contributed by atoms with Crippen molar-refractivity contribution in [3.63, 3.8) is 0 Å². The van der Waals surface area contributed by atoms with Crippen LogP contribution >= 0.6 is 11.6 Å². The molecule has 2 aromatic carbocycles. The Morgan fingerprint density at radius 3 is 1.82 bits per heavy atom. The van der Waals surface area contributed by atoms with Crippen molar-refractivity contribution >= 4 is 11.6 Å². The predicted octanol–water partition coefficient (Wildman–Crippen LogP) is 4.29. The Morgan fingerprint density at radius 2 is 1.29 bits per heavy atom. The van der Waals surface area contributed by atoms with Crippen molar-refractivity contribution in [3.05, 3.63) is 70.5 Å². The Labute approximate surface area is 104 Å². The Balaban J connectivity index is 1.78. The van der Waals surface area contributed by atoms with Crippen LogP contribution in [0.2, 0.25) is 5.02 Å². The lowest BCUT2D eigenvalue weighted by atomic mass is 10.0. The summed E-state index contributed by atoms with van der Waals surface area (Å²) in [5.41, 5.74) is 2.11. The van der Waals surface area contributed by atoms with E-state index >= 15 is 0 Å². The van der Waals surface area contributed by atoms with Gasteiger partial charge < -0.3 is 4.74 Å². The van der Waals surface area contributed by atoms with E-state index in [9.17, 15) is 4.39 Å². The Hall–Kier alpha value is -1.38. The second kappa shape index (κ2) is 4.13. The number of halogens is 2. The third-order valence-electron chi connectivity index (χ3n) is 2.89. The van der Waals surface area contributed by atoms with Crippen LogP contribution in [0.4, 0.5) is 4.39 Å². The van der Waals surface area contributed by atoms with Crippen LogP contribution in [0.1, 0.15) is 23.3 Å². The van der Waals surface area contributed by atoms with E-state index < -0.39 is 0 Å². The molecular formula is C14H10ClFO. The Morgan fingerprint density at radius 1 is 0.824 bits per heavy atom. The van der Waals surface area contributed by atoms with Crippen LogP contribution in [-0.2, 0) is 4.74 Å². The molecule has 0 unspecified atom stereocenters. The van der Waals surface area contributed by atoms with Gasteiger partial charge in [0.1, 0.15) is 18.0 Å². The van der Waals surface area contributed by atoms with E-state index in [0.29, 0.717) is 5.02 Å². The zero-order valence-corrected chi connectivity index (χ0v) is 9.69. The minimum atomic E-state index is -0.225. The summed E-state index contributed by atoms with van der Waals surface area (Å²) in [7, 11) is 0. The molecule has 86 valence electrons. The fraction of sp³-hybridized carbons (Fsp3) is 0.143. The molecule has 2 aromatic rings. The van der Waals surface area contributed by atoms with E-state index in [2.05, 4.69) is 0 Å². The molecule has 1 nitrogen and oxygen atoms in total. The van der Waals surface area contributed by atoms with E-state index in [4.69, 9.17) is 16.3 Å². The van der Waals surface area contributed by atoms with Crippen LogP contribution in [-0.4, -0.2) is 0 Å². The molecule has 0 amide bonds. The van der Waals surface area contributed by atoms with Gasteiger partial charge in [-0.3, -0.25) is 0 Å². The Bertz CT molecular complexity index is 471. The molecule has 2 atom stereocenters. The van der Waals surface area contributed by atoms with E-state index in [0.717, 1.165) is 11.1 Å². The normalized spacial score (nSPS) is 22.5. The van der Waals surface area contributed by atoms with Gasteiger partial charge >= 0.3 is 0 Å². The number of epoxide rings is 1. The van der Waals surface area contributed by atoms with Crippen molar-refractivity contribution in [2.75, 3.05) is 0 Å². The summed E-state index contributed by atoms with van der Waals surface area (Å²) in [6.45, 7) is 0. The first kappa shape index (κ1) is 10.8. The first-order valence-corrected chi connectivity index (χ1v) is 5.78. The van der Waals surface area contributed by atoms with Gasteiger partial charge in [-0.1, -0.05) is 35.9 Å². The lowest BCUT2D eigenvalue weighted by molar-refractivity contribution is 0.377. The van der Waals surface area contributed by atoms with Gasteiger partial charge in [0.25, 0.3) is 0 Å². The maximum Gasteiger partial charge on any atom is 0.123 e. The first-order chi connectivity index (χ1) is 8.24. The summed E-state index contributed by atoms with van der Waals surface area (Å²) < 4.78 is 18.4. The summed E-state index contributed by atoms with van der Waals surface area (Å²) in [6.07, 6.45) is 0.106. The predicted molar refractivity (Wildman–Crippen MR) is 64.4 cm³/mol. The summed E-state index contributed by atoms with van der Waals surface area (Å²) >= 11 is 5.83. The summed E-state index contributed by atoms with van der Waals surface area (Å²) in [5.74, 6) is -0.225. The first-order valence-electron chi connectivity index (χ1n) is 5.40. The molecule has 0 radical (unpaired) electrons. The lowest BCUT2D eigenvalue weighted by Crippen LogP contribution is -1.84. The van der Waals surface area contributed by atoms with Gasteiger partial charge in [0.05, 0.1) is 0 Å². The fourth-order valence-corrected chi connectivity index (χ4v) is 2.05.